The molecule has 0 saturated carbocycles. The van der Waals surface area contributed by atoms with E-state index in [1.165, 1.54) is 55.6 Å². The molecule has 0 aromatic heterocycles. The highest BCUT2D eigenvalue weighted by molar-refractivity contribution is 5.21. The third kappa shape index (κ3) is 36.4. The SMILES string of the molecule is Cc1ccc(CCO)cc1.Cc1ccccc1.Cc1ccccc1.Cc1ccccc1.Cc1ccccc1.Cc1ccccc1.Cc1ccccc1.Cc1ccccc1.Cc1ccccc1. The van der Waals surface area contributed by atoms with Gasteiger partial charge in [0.15, 0.2) is 0 Å². The van der Waals surface area contributed by atoms with Crippen molar-refractivity contribution >= 4 is 0 Å². The highest BCUT2D eigenvalue weighted by atomic mass is 16.2. The van der Waals surface area contributed by atoms with Crippen LogP contribution < -0.4 is 0 Å². The van der Waals surface area contributed by atoms with Crippen molar-refractivity contribution in [1.82, 2.24) is 0 Å². The molecule has 1 N–H and O–H groups in total. The smallest absolute Gasteiger partial charge is 0.0471 e. The van der Waals surface area contributed by atoms with E-state index in [4.69, 9.17) is 5.11 Å². The first-order valence-corrected chi connectivity index (χ1v) is 22.8. The minimum absolute atomic E-state index is 0.239. The van der Waals surface area contributed by atoms with E-state index in [9.17, 15) is 0 Å². The van der Waals surface area contributed by atoms with Gasteiger partial charge in [0, 0.05) is 6.61 Å². The number of hydrogen-bond acceptors (Lipinski definition) is 1. The molecule has 0 spiro atoms. The monoisotopic (exact) mass is 873 g/mol. The van der Waals surface area contributed by atoms with Crippen molar-refractivity contribution in [3.8, 4) is 0 Å². The number of aliphatic hydroxyl groups is 1. The van der Waals surface area contributed by atoms with Gasteiger partial charge in [-0.2, -0.15) is 0 Å². The van der Waals surface area contributed by atoms with Crippen molar-refractivity contribution < 1.29 is 5.11 Å². The molecular formula is C65H76O. The molecule has 0 aliphatic rings. The van der Waals surface area contributed by atoms with Gasteiger partial charge in [0.25, 0.3) is 0 Å². The molecule has 9 aromatic carbocycles. The molecule has 9 aromatic rings. The Bertz CT molecular complexity index is 1880. The third-order valence-electron chi connectivity index (χ3n) is 9.04. The van der Waals surface area contributed by atoms with Crippen LogP contribution >= 0.6 is 0 Å². The fraction of sp³-hybridized carbons (Fsp3) is 0.169. The summed E-state index contributed by atoms with van der Waals surface area (Å²) in [5.41, 5.74) is 13.0. The number of rotatable bonds is 2. The standard InChI is InChI=1S/C9H12O.8C7H8/c1-8-2-4-9(5-3-8)6-7-10;8*1-7-5-3-2-4-6-7/h2-5,10H,6-7H2,1H3;8*2-6H,1H3. The first kappa shape index (κ1) is 57.0. The lowest BCUT2D eigenvalue weighted by atomic mass is 10.1. The second-order valence-electron chi connectivity index (χ2n) is 15.7. The minimum atomic E-state index is 0.239. The van der Waals surface area contributed by atoms with Crippen LogP contribution in [0.15, 0.2) is 267 Å². The van der Waals surface area contributed by atoms with E-state index < -0.39 is 0 Å². The first-order chi connectivity index (χ1) is 32.0. The number of aliphatic hydroxyl groups excluding tert-OH is 1. The zero-order chi connectivity index (χ0) is 48.3. The second kappa shape index (κ2) is 39.5. The molecule has 342 valence electrons. The van der Waals surface area contributed by atoms with Crippen LogP contribution in [0.5, 0.6) is 0 Å². The fourth-order valence-corrected chi connectivity index (χ4v) is 5.16. The van der Waals surface area contributed by atoms with Crippen molar-refractivity contribution in [2.75, 3.05) is 6.61 Å². The minimum Gasteiger partial charge on any atom is -0.396 e. The molecule has 9 rings (SSSR count). The van der Waals surface area contributed by atoms with Crippen LogP contribution in [0.4, 0.5) is 0 Å². The summed E-state index contributed by atoms with van der Waals surface area (Å²) in [6.45, 7) is 19.0. The highest BCUT2D eigenvalue weighted by Crippen LogP contribution is 2.03. The van der Waals surface area contributed by atoms with Gasteiger partial charge in [-0.1, -0.05) is 317 Å². The predicted molar refractivity (Wildman–Crippen MR) is 291 cm³/mol. The molecule has 1 heteroatoms. The van der Waals surface area contributed by atoms with E-state index >= 15 is 0 Å². The first-order valence-electron chi connectivity index (χ1n) is 22.8. The van der Waals surface area contributed by atoms with E-state index in [1.807, 2.05) is 158 Å². The Morgan fingerprint density at radius 2 is 0.333 bits per heavy atom. The summed E-state index contributed by atoms with van der Waals surface area (Å²) in [5.74, 6) is 0. The third-order valence-corrected chi connectivity index (χ3v) is 9.04. The molecule has 0 aliphatic carbocycles. The number of aryl methyl sites for hydroxylation is 9. The maximum absolute atomic E-state index is 8.59. The molecule has 0 amide bonds. The van der Waals surface area contributed by atoms with Crippen molar-refractivity contribution in [1.29, 1.82) is 0 Å². The molecule has 0 unspecified atom stereocenters. The maximum Gasteiger partial charge on any atom is 0.0471 e. The van der Waals surface area contributed by atoms with E-state index in [1.54, 1.807) is 0 Å². The van der Waals surface area contributed by atoms with Crippen LogP contribution in [0.2, 0.25) is 0 Å². The molecule has 0 aliphatic heterocycles. The van der Waals surface area contributed by atoms with E-state index in [0.29, 0.717) is 0 Å². The van der Waals surface area contributed by atoms with Gasteiger partial charge in [0.05, 0.1) is 0 Å². The lowest BCUT2D eigenvalue weighted by molar-refractivity contribution is 0.299. The quantitative estimate of drug-likeness (QED) is 0.183. The normalized spacial score (nSPS) is 8.88. The van der Waals surface area contributed by atoms with Crippen molar-refractivity contribution in [2.24, 2.45) is 0 Å². The maximum atomic E-state index is 8.59. The molecule has 66 heavy (non-hydrogen) atoms. The van der Waals surface area contributed by atoms with E-state index in [0.717, 1.165) is 6.42 Å². The topological polar surface area (TPSA) is 20.2 Å². The van der Waals surface area contributed by atoms with Crippen molar-refractivity contribution in [2.45, 2.75) is 68.7 Å². The molecule has 0 radical (unpaired) electrons. The average molecular weight is 873 g/mol. The van der Waals surface area contributed by atoms with Gasteiger partial charge in [-0.15, -0.1) is 0 Å². The van der Waals surface area contributed by atoms with Gasteiger partial charge in [-0.05, 0) is 74.3 Å². The fourth-order valence-electron chi connectivity index (χ4n) is 5.16. The van der Waals surface area contributed by atoms with Gasteiger partial charge in [-0.25, -0.2) is 0 Å². The molecule has 0 fully saturated rings. The Hall–Kier alpha value is -7.06. The van der Waals surface area contributed by atoms with Crippen LogP contribution in [0.1, 0.15) is 55.6 Å². The Morgan fingerprint density at radius 3 is 0.439 bits per heavy atom. The summed E-state index contributed by atoms with van der Waals surface area (Å²) in [5, 5.41) is 8.59. The molecule has 0 saturated heterocycles. The van der Waals surface area contributed by atoms with E-state index in [2.05, 4.69) is 172 Å². The van der Waals surface area contributed by atoms with Gasteiger partial charge in [0.2, 0.25) is 0 Å². The molecule has 0 bridgehead atoms. The van der Waals surface area contributed by atoms with Gasteiger partial charge in [-0.3, -0.25) is 0 Å². The van der Waals surface area contributed by atoms with Crippen molar-refractivity contribution in [3.05, 3.63) is 323 Å². The van der Waals surface area contributed by atoms with Gasteiger partial charge in [0.1, 0.15) is 0 Å². The van der Waals surface area contributed by atoms with Crippen LogP contribution in [0, 0.1) is 62.3 Å². The van der Waals surface area contributed by atoms with Crippen LogP contribution in [-0.4, -0.2) is 11.7 Å². The zero-order valence-corrected chi connectivity index (χ0v) is 41.3. The summed E-state index contributed by atoms with van der Waals surface area (Å²) in [4.78, 5) is 0. The molecule has 0 atom stereocenters. The van der Waals surface area contributed by atoms with Crippen LogP contribution in [0.25, 0.3) is 0 Å². The summed E-state index contributed by atoms with van der Waals surface area (Å²) in [6.07, 6.45) is 0.764. The zero-order valence-electron chi connectivity index (χ0n) is 41.3. The lowest BCUT2D eigenvalue weighted by Gasteiger charge is -1.96. The summed E-state index contributed by atoms with van der Waals surface area (Å²) in [7, 11) is 0. The molecule has 1 nitrogen and oxygen atoms in total. The Kier molecular flexibility index (Phi) is 34.1. The number of benzene rings is 9. The molecule has 0 heterocycles. The largest absolute Gasteiger partial charge is 0.396 e. The van der Waals surface area contributed by atoms with Crippen molar-refractivity contribution in [3.63, 3.8) is 0 Å². The summed E-state index contributed by atoms with van der Waals surface area (Å²) >= 11 is 0. The van der Waals surface area contributed by atoms with Crippen LogP contribution in [0.3, 0.4) is 0 Å². The Morgan fingerprint density at radius 1 is 0.197 bits per heavy atom. The highest BCUT2D eigenvalue weighted by Gasteiger charge is 1.89. The summed E-state index contributed by atoms with van der Waals surface area (Å²) in [6, 6.07) is 90.3. The van der Waals surface area contributed by atoms with E-state index in [-0.39, 0.29) is 6.61 Å². The van der Waals surface area contributed by atoms with Gasteiger partial charge < -0.3 is 5.11 Å². The second-order valence-corrected chi connectivity index (χ2v) is 15.7. The summed E-state index contributed by atoms with van der Waals surface area (Å²) < 4.78 is 0. The average Bonchev–Trinajstić information content (AvgIpc) is 3.34. The molecular weight excluding hydrogens is 797 g/mol. The lowest BCUT2D eigenvalue weighted by Crippen LogP contribution is -1.89. The Labute approximate surface area is 401 Å². The Balaban J connectivity index is 0.000000372. The van der Waals surface area contributed by atoms with Gasteiger partial charge >= 0.3 is 0 Å². The van der Waals surface area contributed by atoms with Crippen LogP contribution in [-0.2, 0) is 6.42 Å². The predicted octanol–water partition coefficient (Wildman–Crippen LogP) is 17.5. The number of hydrogen-bond donors (Lipinski definition) is 1.